The summed E-state index contributed by atoms with van der Waals surface area (Å²) < 4.78 is 6.79. The summed E-state index contributed by atoms with van der Waals surface area (Å²) in [5.74, 6) is 0.509. The molecule has 0 bridgehead atoms. The Hall–Kier alpha value is -2.87. The zero-order valence-electron chi connectivity index (χ0n) is 15.4. The Labute approximate surface area is 158 Å². The number of nitrogens with one attached hydrogen (secondary N) is 1. The highest BCUT2D eigenvalue weighted by atomic mass is 16.7. The number of ether oxygens (including phenoxy) is 1. The van der Waals surface area contributed by atoms with E-state index in [0.717, 1.165) is 24.2 Å². The lowest BCUT2D eigenvalue weighted by Crippen LogP contribution is -2.37. The zero-order valence-corrected chi connectivity index (χ0v) is 15.4. The molecule has 2 aromatic rings. The van der Waals surface area contributed by atoms with Crippen molar-refractivity contribution in [2.45, 2.75) is 32.2 Å². The van der Waals surface area contributed by atoms with E-state index in [1.54, 1.807) is 13.3 Å². The lowest BCUT2D eigenvalue weighted by atomic mass is 10.1. The molecule has 1 aliphatic heterocycles. The van der Waals surface area contributed by atoms with Gasteiger partial charge < -0.3 is 10.1 Å². The molecular formula is C19H24N4O4. The number of amides is 2. The summed E-state index contributed by atoms with van der Waals surface area (Å²) in [6, 6.07) is 7.63. The molecule has 1 aromatic heterocycles. The van der Waals surface area contributed by atoms with E-state index in [1.807, 2.05) is 24.3 Å². The number of hydrogen-bond acceptors (Lipinski definition) is 5. The number of carbonyl (C=O) groups is 2. The third-order valence-corrected chi connectivity index (χ3v) is 4.31. The first kappa shape index (κ1) is 18.9. The van der Waals surface area contributed by atoms with Crippen molar-refractivity contribution in [2.75, 3.05) is 25.6 Å². The molecule has 1 fully saturated rings. The molecule has 1 N–H and O–H groups in total. The van der Waals surface area contributed by atoms with Crippen LogP contribution in [0.5, 0.6) is 5.75 Å². The van der Waals surface area contributed by atoms with Crippen LogP contribution in [0.1, 0.15) is 24.8 Å². The summed E-state index contributed by atoms with van der Waals surface area (Å²) in [4.78, 5) is 29.7. The van der Waals surface area contributed by atoms with Gasteiger partial charge in [0.05, 0.1) is 25.6 Å². The van der Waals surface area contributed by atoms with Gasteiger partial charge in [0, 0.05) is 19.2 Å². The van der Waals surface area contributed by atoms with Gasteiger partial charge in [0.25, 0.3) is 5.91 Å². The van der Waals surface area contributed by atoms with Crippen molar-refractivity contribution in [1.82, 2.24) is 14.8 Å². The van der Waals surface area contributed by atoms with Crippen LogP contribution in [-0.4, -0.2) is 46.9 Å². The minimum atomic E-state index is -0.146. The van der Waals surface area contributed by atoms with Gasteiger partial charge in [0.2, 0.25) is 5.91 Å². The summed E-state index contributed by atoms with van der Waals surface area (Å²) in [7, 11) is 1.61. The van der Waals surface area contributed by atoms with Gasteiger partial charge in [-0.15, -0.1) is 0 Å². The third-order valence-electron chi connectivity index (χ3n) is 4.31. The van der Waals surface area contributed by atoms with Crippen LogP contribution in [0.2, 0.25) is 0 Å². The SMILES string of the molecule is COc1ccccc1CCC(=O)Nc1cnn(CC(=O)N2CCCCO2)c1. The predicted molar refractivity (Wildman–Crippen MR) is 99.1 cm³/mol. The fraction of sp³-hybridized carbons (Fsp3) is 0.421. The lowest BCUT2D eigenvalue weighted by molar-refractivity contribution is -0.197. The average molecular weight is 372 g/mol. The third kappa shape index (κ3) is 5.30. The molecule has 0 atom stereocenters. The van der Waals surface area contributed by atoms with Gasteiger partial charge in [0.1, 0.15) is 12.3 Å². The molecule has 0 aliphatic carbocycles. The van der Waals surface area contributed by atoms with E-state index in [-0.39, 0.29) is 18.4 Å². The van der Waals surface area contributed by atoms with E-state index in [2.05, 4.69) is 10.4 Å². The van der Waals surface area contributed by atoms with Crippen molar-refractivity contribution >= 4 is 17.5 Å². The predicted octanol–water partition coefficient (Wildman–Crippen LogP) is 2.02. The number of rotatable bonds is 7. The number of hydrogen-bond donors (Lipinski definition) is 1. The quantitative estimate of drug-likeness (QED) is 0.804. The number of aryl methyl sites for hydroxylation is 1. The number of nitrogens with zero attached hydrogens (tertiary/aromatic N) is 3. The highest BCUT2D eigenvalue weighted by Gasteiger charge is 2.18. The van der Waals surface area contributed by atoms with E-state index in [9.17, 15) is 9.59 Å². The molecule has 1 aliphatic rings. The highest BCUT2D eigenvalue weighted by Crippen LogP contribution is 2.19. The van der Waals surface area contributed by atoms with Gasteiger partial charge in [0.15, 0.2) is 0 Å². The van der Waals surface area contributed by atoms with E-state index < -0.39 is 0 Å². The van der Waals surface area contributed by atoms with Gasteiger partial charge in [-0.05, 0) is 30.9 Å². The molecule has 0 radical (unpaired) electrons. The molecule has 0 saturated carbocycles. The maximum Gasteiger partial charge on any atom is 0.267 e. The first-order valence-electron chi connectivity index (χ1n) is 9.03. The Morgan fingerprint density at radius 3 is 2.93 bits per heavy atom. The van der Waals surface area contributed by atoms with Crippen LogP contribution in [0, 0.1) is 0 Å². The van der Waals surface area contributed by atoms with Crippen molar-refractivity contribution in [3.8, 4) is 5.75 Å². The van der Waals surface area contributed by atoms with E-state index in [4.69, 9.17) is 9.57 Å². The number of carbonyl (C=O) groups excluding carboxylic acids is 2. The summed E-state index contributed by atoms with van der Waals surface area (Å²) in [6.45, 7) is 1.25. The molecule has 3 rings (SSSR count). The summed E-state index contributed by atoms with van der Waals surface area (Å²) in [5, 5.41) is 8.32. The smallest absolute Gasteiger partial charge is 0.267 e. The minimum absolute atomic E-state index is 0.0804. The van der Waals surface area contributed by atoms with Gasteiger partial charge in [-0.25, -0.2) is 5.06 Å². The number of para-hydroxylation sites is 1. The molecule has 8 nitrogen and oxygen atoms in total. The lowest BCUT2D eigenvalue weighted by Gasteiger charge is -2.25. The molecule has 27 heavy (non-hydrogen) atoms. The highest BCUT2D eigenvalue weighted by molar-refractivity contribution is 5.90. The van der Waals surface area contributed by atoms with Crippen molar-refractivity contribution in [3.05, 3.63) is 42.2 Å². The Morgan fingerprint density at radius 1 is 1.30 bits per heavy atom. The number of anilines is 1. The maximum absolute atomic E-state index is 12.2. The van der Waals surface area contributed by atoms with E-state index in [1.165, 1.54) is 15.9 Å². The van der Waals surface area contributed by atoms with Crippen LogP contribution in [-0.2, 0) is 27.4 Å². The molecule has 8 heteroatoms. The Kier molecular flexibility index (Phi) is 6.43. The fourth-order valence-corrected chi connectivity index (χ4v) is 2.91. The first-order valence-corrected chi connectivity index (χ1v) is 9.03. The Morgan fingerprint density at radius 2 is 2.15 bits per heavy atom. The largest absolute Gasteiger partial charge is 0.496 e. The second kappa shape index (κ2) is 9.18. The fourth-order valence-electron chi connectivity index (χ4n) is 2.91. The number of benzene rings is 1. The van der Waals surface area contributed by atoms with E-state index in [0.29, 0.717) is 31.7 Å². The summed E-state index contributed by atoms with van der Waals surface area (Å²) in [5.41, 5.74) is 1.55. The topological polar surface area (TPSA) is 85.7 Å². The van der Waals surface area contributed by atoms with Gasteiger partial charge in [-0.3, -0.25) is 19.1 Å². The molecule has 0 spiro atoms. The Balaban J connectivity index is 1.48. The van der Waals surface area contributed by atoms with Crippen molar-refractivity contribution in [2.24, 2.45) is 0 Å². The number of methoxy groups -OCH3 is 1. The molecule has 0 unspecified atom stereocenters. The normalized spacial score (nSPS) is 14.0. The monoisotopic (exact) mass is 372 g/mol. The average Bonchev–Trinajstić information content (AvgIpc) is 3.13. The van der Waals surface area contributed by atoms with E-state index >= 15 is 0 Å². The van der Waals surface area contributed by atoms with Crippen LogP contribution in [0.25, 0.3) is 0 Å². The van der Waals surface area contributed by atoms with Crippen LogP contribution in [0.15, 0.2) is 36.7 Å². The number of hydroxylamine groups is 2. The van der Waals surface area contributed by atoms with Crippen LogP contribution >= 0.6 is 0 Å². The summed E-state index contributed by atoms with van der Waals surface area (Å²) >= 11 is 0. The second-order valence-electron chi connectivity index (χ2n) is 6.32. The maximum atomic E-state index is 12.2. The molecule has 2 amide bonds. The number of aromatic nitrogens is 2. The van der Waals surface area contributed by atoms with Gasteiger partial charge >= 0.3 is 0 Å². The van der Waals surface area contributed by atoms with Crippen LogP contribution in [0.3, 0.4) is 0 Å². The van der Waals surface area contributed by atoms with Crippen molar-refractivity contribution < 1.29 is 19.2 Å². The van der Waals surface area contributed by atoms with Gasteiger partial charge in [-0.1, -0.05) is 18.2 Å². The minimum Gasteiger partial charge on any atom is -0.496 e. The standard InChI is InChI=1S/C19H24N4O4/c1-26-17-7-3-2-6-15(17)8-9-18(24)21-16-12-20-22(13-16)14-19(25)23-10-4-5-11-27-23/h2-3,6-7,12-13H,4-5,8-11,14H2,1H3,(H,21,24). The van der Waals surface area contributed by atoms with Crippen LogP contribution < -0.4 is 10.1 Å². The second-order valence-corrected chi connectivity index (χ2v) is 6.32. The molecule has 2 heterocycles. The van der Waals surface area contributed by atoms with Crippen molar-refractivity contribution in [1.29, 1.82) is 0 Å². The van der Waals surface area contributed by atoms with Crippen molar-refractivity contribution in [3.63, 3.8) is 0 Å². The Bertz CT molecular complexity index is 784. The molecular weight excluding hydrogens is 348 g/mol. The van der Waals surface area contributed by atoms with Crippen LogP contribution in [0.4, 0.5) is 5.69 Å². The summed E-state index contributed by atoms with van der Waals surface area (Å²) in [6.07, 6.45) is 5.99. The molecule has 1 aromatic carbocycles. The molecule has 144 valence electrons. The first-order chi connectivity index (χ1) is 13.2. The molecule has 1 saturated heterocycles. The van der Waals surface area contributed by atoms with Gasteiger partial charge in [-0.2, -0.15) is 5.10 Å². The zero-order chi connectivity index (χ0) is 19.1.